The number of carbonyl (C=O) groups excluding carboxylic acids is 1. The lowest BCUT2D eigenvalue weighted by Crippen LogP contribution is -2.40. The average Bonchev–Trinajstić information content (AvgIpc) is 3.12. The number of hydrogen-bond donors (Lipinski definition) is 1. The van der Waals surface area contributed by atoms with Crippen molar-refractivity contribution in [2.24, 2.45) is 11.8 Å². The molecule has 1 saturated heterocycles. The molecule has 0 spiro atoms. The van der Waals surface area contributed by atoms with Crippen molar-refractivity contribution in [2.75, 3.05) is 26.2 Å². The average molecular weight is 413 g/mol. The van der Waals surface area contributed by atoms with Crippen molar-refractivity contribution in [3.05, 3.63) is 45.1 Å². The first-order valence-corrected chi connectivity index (χ1v) is 11.2. The molecule has 3 aromatic rings. The third-order valence-electron chi connectivity index (χ3n) is 5.64. The third kappa shape index (κ3) is 4.38. The highest BCUT2D eigenvalue weighted by molar-refractivity contribution is 7.21. The Kier molecular flexibility index (Phi) is 5.74. The molecule has 6 heteroatoms. The molecule has 1 amide bonds. The number of hydrogen-bond acceptors (Lipinski definition) is 5. The predicted octanol–water partition coefficient (Wildman–Crippen LogP) is 4.41. The second-order valence-electron chi connectivity index (χ2n) is 8.56. The summed E-state index contributed by atoms with van der Waals surface area (Å²) in [5.41, 5.74) is 1.26. The highest BCUT2D eigenvalue weighted by atomic mass is 32.1. The molecule has 1 N–H and O–H groups in total. The number of nitrogens with zero attached hydrogens (tertiary/aromatic N) is 1. The lowest BCUT2D eigenvalue weighted by molar-refractivity contribution is 0.0951. The van der Waals surface area contributed by atoms with E-state index >= 15 is 0 Å². The van der Waals surface area contributed by atoms with E-state index in [2.05, 4.69) is 24.1 Å². The molecule has 0 bridgehead atoms. The number of carbonyl (C=O) groups is 1. The van der Waals surface area contributed by atoms with E-state index in [1.165, 1.54) is 17.8 Å². The number of likely N-dealkylation sites (tertiary alicyclic amines) is 1. The Balaban J connectivity index is 1.42. The van der Waals surface area contributed by atoms with Gasteiger partial charge in [-0.2, -0.15) is 0 Å². The first-order chi connectivity index (χ1) is 13.9. The number of thiophene rings is 1. The van der Waals surface area contributed by atoms with Crippen LogP contribution in [0.2, 0.25) is 0 Å². The molecule has 1 aliphatic heterocycles. The summed E-state index contributed by atoms with van der Waals surface area (Å²) in [6.45, 7) is 10.6. The van der Waals surface area contributed by atoms with E-state index in [1.54, 1.807) is 6.07 Å². The molecule has 1 aromatic carbocycles. The highest BCUT2D eigenvalue weighted by Gasteiger charge is 2.21. The summed E-state index contributed by atoms with van der Waals surface area (Å²) in [6, 6.07) is 7.39. The second kappa shape index (κ2) is 8.28. The van der Waals surface area contributed by atoms with Gasteiger partial charge in [0.25, 0.3) is 5.91 Å². The Bertz CT molecular complexity index is 1090. The molecule has 1 aliphatic rings. The zero-order chi connectivity index (χ0) is 20.5. The maximum atomic E-state index is 12.6. The van der Waals surface area contributed by atoms with Crippen LogP contribution in [0.4, 0.5) is 0 Å². The van der Waals surface area contributed by atoms with Gasteiger partial charge in [-0.05, 0) is 56.3 Å². The van der Waals surface area contributed by atoms with Crippen LogP contribution in [0.1, 0.15) is 41.9 Å². The van der Waals surface area contributed by atoms with E-state index in [1.807, 2.05) is 25.1 Å². The maximum absolute atomic E-state index is 12.6. The molecule has 1 fully saturated rings. The standard InChI is InChI=1S/C23H28N2O3S/c1-14-5-6-19-17(10-14)21-18(23(27)28-19)11-20(29-21)22(26)24-7-4-8-25-12-15(2)9-16(3)13-25/h5-6,10-11,15-16H,4,7-9,12-13H2,1-3H3,(H,24,26)/t15-,16+. The summed E-state index contributed by atoms with van der Waals surface area (Å²) in [4.78, 5) is 28.0. The van der Waals surface area contributed by atoms with Gasteiger partial charge in [0.05, 0.1) is 15.0 Å². The maximum Gasteiger partial charge on any atom is 0.345 e. The minimum absolute atomic E-state index is 0.119. The summed E-state index contributed by atoms with van der Waals surface area (Å²) in [7, 11) is 0. The molecule has 0 unspecified atom stereocenters. The van der Waals surface area contributed by atoms with E-state index in [-0.39, 0.29) is 11.5 Å². The van der Waals surface area contributed by atoms with Crippen LogP contribution < -0.4 is 10.9 Å². The van der Waals surface area contributed by atoms with Gasteiger partial charge in [-0.25, -0.2) is 4.79 Å². The van der Waals surface area contributed by atoms with Gasteiger partial charge in [0.15, 0.2) is 0 Å². The first-order valence-electron chi connectivity index (χ1n) is 10.4. The summed E-state index contributed by atoms with van der Waals surface area (Å²) >= 11 is 1.36. The van der Waals surface area contributed by atoms with Crippen LogP contribution >= 0.6 is 11.3 Å². The van der Waals surface area contributed by atoms with E-state index in [0.717, 1.165) is 53.5 Å². The molecule has 154 valence electrons. The van der Waals surface area contributed by atoms with E-state index in [9.17, 15) is 9.59 Å². The molecule has 2 atom stereocenters. The quantitative estimate of drug-likeness (QED) is 0.498. The van der Waals surface area contributed by atoms with Gasteiger partial charge >= 0.3 is 5.63 Å². The van der Waals surface area contributed by atoms with Crippen molar-refractivity contribution in [2.45, 2.75) is 33.6 Å². The Labute approximate surface area is 174 Å². The molecule has 0 radical (unpaired) electrons. The summed E-state index contributed by atoms with van der Waals surface area (Å²) in [5, 5.41) is 4.38. The van der Waals surface area contributed by atoms with Crippen molar-refractivity contribution in [1.82, 2.24) is 10.2 Å². The Morgan fingerprint density at radius 2 is 1.97 bits per heavy atom. The Morgan fingerprint density at radius 3 is 2.72 bits per heavy atom. The van der Waals surface area contributed by atoms with Crippen molar-refractivity contribution in [3.63, 3.8) is 0 Å². The number of rotatable bonds is 5. The van der Waals surface area contributed by atoms with Crippen LogP contribution in [0.5, 0.6) is 0 Å². The van der Waals surface area contributed by atoms with Gasteiger partial charge in [0, 0.05) is 25.0 Å². The van der Waals surface area contributed by atoms with Gasteiger partial charge < -0.3 is 14.6 Å². The molecule has 5 nitrogen and oxygen atoms in total. The Hall–Kier alpha value is -2.18. The van der Waals surface area contributed by atoms with Crippen molar-refractivity contribution >= 4 is 38.3 Å². The van der Waals surface area contributed by atoms with Crippen molar-refractivity contribution in [3.8, 4) is 0 Å². The molecule has 4 rings (SSSR count). The smallest absolute Gasteiger partial charge is 0.345 e. The summed E-state index contributed by atoms with van der Waals surface area (Å²) < 4.78 is 6.24. The van der Waals surface area contributed by atoms with Gasteiger partial charge in [-0.15, -0.1) is 11.3 Å². The van der Waals surface area contributed by atoms with E-state index < -0.39 is 0 Å². The van der Waals surface area contributed by atoms with Gasteiger partial charge in [0.2, 0.25) is 0 Å². The van der Waals surface area contributed by atoms with Crippen LogP contribution in [0, 0.1) is 18.8 Å². The third-order valence-corrected chi connectivity index (χ3v) is 6.81. The van der Waals surface area contributed by atoms with Gasteiger partial charge in [-0.3, -0.25) is 4.79 Å². The van der Waals surface area contributed by atoms with Crippen molar-refractivity contribution < 1.29 is 9.21 Å². The molecule has 3 heterocycles. The molecular weight excluding hydrogens is 384 g/mol. The molecular formula is C23H28N2O3S. The first kappa shape index (κ1) is 20.1. The zero-order valence-corrected chi connectivity index (χ0v) is 18.1. The number of benzene rings is 1. The number of fused-ring (bicyclic) bond motifs is 3. The molecule has 2 aromatic heterocycles. The number of amides is 1. The molecule has 29 heavy (non-hydrogen) atoms. The lowest BCUT2D eigenvalue weighted by atomic mass is 9.92. The fraction of sp³-hybridized carbons (Fsp3) is 0.478. The minimum atomic E-state index is -0.389. The van der Waals surface area contributed by atoms with Crippen molar-refractivity contribution in [1.29, 1.82) is 0 Å². The Morgan fingerprint density at radius 1 is 1.21 bits per heavy atom. The normalized spacial score (nSPS) is 20.4. The number of nitrogens with one attached hydrogen (secondary N) is 1. The molecule has 0 saturated carbocycles. The van der Waals surface area contributed by atoms with Gasteiger partial charge in [0.1, 0.15) is 5.58 Å². The SMILES string of the molecule is Cc1ccc2oc(=O)c3cc(C(=O)NCCCN4C[C@H](C)C[C@H](C)C4)sc3c2c1. The number of aryl methyl sites for hydroxylation is 1. The van der Waals surface area contributed by atoms with Gasteiger partial charge in [-0.1, -0.05) is 25.5 Å². The topological polar surface area (TPSA) is 62.6 Å². The zero-order valence-electron chi connectivity index (χ0n) is 17.3. The predicted molar refractivity (Wildman–Crippen MR) is 119 cm³/mol. The monoisotopic (exact) mass is 412 g/mol. The van der Waals surface area contributed by atoms with Crippen LogP contribution in [0.15, 0.2) is 33.5 Å². The minimum Gasteiger partial charge on any atom is -0.422 e. The van der Waals surface area contributed by atoms with E-state index in [4.69, 9.17) is 4.42 Å². The lowest BCUT2D eigenvalue weighted by Gasteiger charge is -2.34. The largest absolute Gasteiger partial charge is 0.422 e. The van der Waals surface area contributed by atoms with Crippen LogP contribution in [-0.4, -0.2) is 37.0 Å². The second-order valence-corrected chi connectivity index (χ2v) is 9.61. The fourth-order valence-electron chi connectivity index (χ4n) is 4.49. The van der Waals surface area contributed by atoms with E-state index in [0.29, 0.717) is 22.4 Å². The summed E-state index contributed by atoms with van der Waals surface area (Å²) in [6.07, 6.45) is 2.24. The fourth-order valence-corrected chi connectivity index (χ4v) is 5.57. The molecule has 0 aliphatic carbocycles. The van der Waals surface area contributed by atoms with Crippen LogP contribution in [0.3, 0.4) is 0 Å². The van der Waals surface area contributed by atoms with Crippen LogP contribution in [0.25, 0.3) is 21.1 Å². The number of piperidine rings is 1. The van der Waals surface area contributed by atoms with Crippen LogP contribution in [-0.2, 0) is 0 Å². The summed E-state index contributed by atoms with van der Waals surface area (Å²) in [5.74, 6) is 1.38. The highest BCUT2D eigenvalue weighted by Crippen LogP contribution is 2.31.